The maximum Gasteiger partial charge on any atom is 0.353 e. The quantitative estimate of drug-likeness (QED) is 0.0739. The van der Waals surface area contributed by atoms with Gasteiger partial charge in [-0.1, -0.05) is 16.9 Å². The lowest BCUT2D eigenvalue weighted by molar-refractivity contribution is -0.671. The van der Waals surface area contributed by atoms with Crippen LogP contribution >= 0.6 is 46.4 Å². The number of carbonyl (C=O) groups is 4. The van der Waals surface area contributed by atoms with Crippen molar-refractivity contribution in [1.29, 1.82) is 0 Å². The number of amides is 2. The van der Waals surface area contributed by atoms with Crippen molar-refractivity contribution in [3.05, 3.63) is 58.9 Å². The van der Waals surface area contributed by atoms with Gasteiger partial charge in [-0.15, -0.1) is 23.1 Å². The van der Waals surface area contributed by atoms with Crippen LogP contribution in [0, 0.1) is 0 Å². The van der Waals surface area contributed by atoms with Crippen molar-refractivity contribution in [1.82, 2.24) is 34.1 Å². The molecule has 0 spiro atoms. The molecule has 0 aliphatic carbocycles. The smallest absolute Gasteiger partial charge is 0.353 e. The molecule has 1 saturated heterocycles. The zero-order valence-electron chi connectivity index (χ0n) is 25.1. The molecule has 0 unspecified atom stereocenters. The highest BCUT2D eigenvalue weighted by molar-refractivity contribution is 8.07. The molecule has 2 aliphatic rings. The lowest BCUT2D eigenvalue weighted by Gasteiger charge is -2.49. The number of fused-ring (bicyclic) bond motifs is 1. The van der Waals surface area contributed by atoms with E-state index < -0.39 is 46.5 Å². The number of hydrogen-bond acceptors (Lipinski definition) is 15. The number of nitrogens with one attached hydrogen (secondary N) is 1. The van der Waals surface area contributed by atoms with Crippen molar-refractivity contribution in [2.75, 3.05) is 11.5 Å². The van der Waals surface area contributed by atoms with Crippen LogP contribution in [0.25, 0.3) is 17.1 Å². The molecule has 2 atom stereocenters. The van der Waals surface area contributed by atoms with Crippen LogP contribution < -0.4 is 15.6 Å². The van der Waals surface area contributed by atoms with Crippen molar-refractivity contribution in [2.24, 2.45) is 12.2 Å². The molecule has 0 aromatic carbocycles. The summed E-state index contributed by atoms with van der Waals surface area (Å²) in [7, 11) is 1.92. The van der Waals surface area contributed by atoms with Gasteiger partial charge in [0.2, 0.25) is 17.1 Å². The number of anilines is 1. The number of nitrogens with zero attached hydrogens (tertiary/aromatic N) is 8. The number of carbonyl (C=O) groups excluding carboxylic acids is 2. The summed E-state index contributed by atoms with van der Waals surface area (Å²) in [6, 6.07) is 2.76. The fourth-order valence-electron chi connectivity index (χ4n) is 4.45. The van der Waals surface area contributed by atoms with Crippen molar-refractivity contribution in [3.8, 4) is 17.1 Å². The number of aryl methyl sites for hydroxylation is 1. The number of nitrogen functional groups attached to an aromatic ring is 1. The molecule has 0 bridgehead atoms. The van der Waals surface area contributed by atoms with Gasteiger partial charge in [-0.05, 0) is 19.9 Å². The van der Waals surface area contributed by atoms with E-state index in [1.54, 1.807) is 10.9 Å². The molecule has 21 heteroatoms. The van der Waals surface area contributed by atoms with Crippen molar-refractivity contribution in [3.63, 3.8) is 0 Å². The number of thioether (sulfide) groups is 2. The molecule has 17 nitrogen and oxygen atoms in total. The predicted octanol–water partition coefficient (Wildman–Crippen LogP) is 1.33. The lowest BCUT2D eigenvalue weighted by atomic mass is 10.0. The Kier molecular flexibility index (Phi) is 8.94. The summed E-state index contributed by atoms with van der Waals surface area (Å²) in [6.07, 6.45) is 7.38. The number of aliphatic carboxylic acids is 2. The maximum atomic E-state index is 13.3. The van der Waals surface area contributed by atoms with Crippen LogP contribution in [0.5, 0.6) is 0 Å². The van der Waals surface area contributed by atoms with Crippen molar-refractivity contribution >= 4 is 81.0 Å². The summed E-state index contributed by atoms with van der Waals surface area (Å²) in [6.45, 7) is 2.45. The average Bonchev–Trinajstić information content (AvgIpc) is 3.81. The highest BCUT2D eigenvalue weighted by Gasteiger charge is 2.55. The standard InChI is InChI=1S/C27H24N10O7S4/c1-27(2,24(42)43)44-33-16(19-32-25(28)48-34-19)20(38)31-17-21(39)37-18(23(40)41)14(9-45-22(17)37)47-26-30-15(10-46-26)36-8-13(29-11-36)12-5-4-6-35(3)7-12/h4-8,10-11,17,22H,9H2,1-3H3,(H4-,28,31,32,34,38,40,41,42,43)/p+1/b33-16-/t17-,22-/m1/s1. The number of carboxylic acid groups (broad SMARTS) is 2. The van der Waals surface area contributed by atoms with E-state index in [9.17, 15) is 29.4 Å². The molecule has 5 N–H and O–H groups in total. The first kappa shape index (κ1) is 33.1. The summed E-state index contributed by atoms with van der Waals surface area (Å²) in [5.41, 5.74) is 4.85. The first-order chi connectivity index (χ1) is 22.8. The Morgan fingerprint density at radius 1 is 1.27 bits per heavy atom. The van der Waals surface area contributed by atoms with Crippen LogP contribution in [0.2, 0.25) is 0 Å². The Labute approximate surface area is 287 Å². The summed E-state index contributed by atoms with van der Waals surface area (Å²) < 4.78 is 8.21. The van der Waals surface area contributed by atoms with Crippen molar-refractivity contribution in [2.45, 2.75) is 35.2 Å². The fraction of sp³-hybridized carbons (Fsp3) is 0.259. The van der Waals surface area contributed by atoms with E-state index in [1.165, 1.54) is 36.9 Å². The number of β-lactam (4-membered cyclic amide) rings is 1. The van der Waals surface area contributed by atoms with E-state index >= 15 is 0 Å². The molecular formula is C27H25N10O7S4+. The van der Waals surface area contributed by atoms with Crippen LogP contribution in [0.3, 0.4) is 0 Å². The lowest BCUT2D eigenvalue weighted by Crippen LogP contribution is -2.71. The van der Waals surface area contributed by atoms with Gasteiger partial charge in [0.15, 0.2) is 21.9 Å². The molecule has 6 heterocycles. The second kappa shape index (κ2) is 13.0. The van der Waals surface area contributed by atoms with E-state index in [4.69, 9.17) is 10.6 Å². The number of aromatic nitrogens is 6. The number of imidazole rings is 1. The zero-order valence-corrected chi connectivity index (χ0v) is 28.4. The zero-order chi connectivity index (χ0) is 34.3. The molecule has 1 fully saturated rings. The molecule has 0 radical (unpaired) electrons. The molecule has 4 aromatic heterocycles. The average molecular weight is 730 g/mol. The minimum absolute atomic E-state index is 0.0153. The second-order valence-corrected chi connectivity index (χ2v) is 14.8. The Bertz CT molecular complexity index is 2020. The van der Waals surface area contributed by atoms with Crippen LogP contribution in [-0.4, -0.2) is 91.2 Å². The summed E-state index contributed by atoms with van der Waals surface area (Å²) in [5, 5.41) is 26.8. The van der Waals surface area contributed by atoms with Gasteiger partial charge in [-0.25, -0.2) is 24.1 Å². The van der Waals surface area contributed by atoms with Gasteiger partial charge in [0.25, 0.3) is 11.8 Å². The molecule has 6 rings (SSSR count). The summed E-state index contributed by atoms with van der Waals surface area (Å²) in [5.74, 6) is -3.65. The first-order valence-corrected chi connectivity index (χ1v) is 17.3. The molecule has 248 valence electrons. The predicted molar refractivity (Wildman–Crippen MR) is 175 cm³/mol. The Morgan fingerprint density at radius 3 is 2.75 bits per heavy atom. The topological polar surface area (TPSA) is 232 Å². The molecule has 4 aromatic rings. The number of thiazole rings is 1. The maximum absolute atomic E-state index is 13.3. The first-order valence-electron chi connectivity index (χ1n) is 13.8. The number of rotatable bonds is 11. The van der Waals surface area contributed by atoms with Gasteiger partial charge in [-0.3, -0.25) is 19.1 Å². The molecule has 2 aliphatic heterocycles. The van der Waals surface area contributed by atoms with Gasteiger partial charge in [0.1, 0.15) is 36.3 Å². The fourth-order valence-corrected chi connectivity index (χ4v) is 8.32. The van der Waals surface area contributed by atoms with Crippen LogP contribution in [0.1, 0.15) is 19.7 Å². The van der Waals surface area contributed by atoms with E-state index in [2.05, 4.69) is 29.8 Å². The van der Waals surface area contributed by atoms with Gasteiger partial charge in [-0.2, -0.15) is 9.36 Å². The van der Waals surface area contributed by atoms with Crippen LogP contribution in [0.15, 0.2) is 62.5 Å². The third-order valence-corrected chi connectivity index (χ3v) is 11.0. The monoisotopic (exact) mass is 729 g/mol. The minimum Gasteiger partial charge on any atom is -0.478 e. The number of pyridine rings is 1. The third kappa shape index (κ3) is 6.48. The van der Waals surface area contributed by atoms with E-state index in [1.807, 2.05) is 47.7 Å². The molecular weight excluding hydrogens is 705 g/mol. The third-order valence-electron chi connectivity index (χ3n) is 6.94. The van der Waals surface area contributed by atoms with Gasteiger partial charge >= 0.3 is 11.9 Å². The number of nitrogens with two attached hydrogens (primary N) is 1. The summed E-state index contributed by atoms with van der Waals surface area (Å²) in [4.78, 5) is 70.2. The van der Waals surface area contributed by atoms with Gasteiger partial charge in [0.05, 0.1) is 11.3 Å². The number of hydrogen-bond donors (Lipinski definition) is 4. The molecule has 0 saturated carbocycles. The Balaban J connectivity index is 1.18. The Hall–Kier alpha value is -4.86. The van der Waals surface area contributed by atoms with E-state index in [0.717, 1.165) is 39.5 Å². The largest absolute Gasteiger partial charge is 0.478 e. The van der Waals surface area contributed by atoms with E-state index in [-0.39, 0.29) is 22.4 Å². The Morgan fingerprint density at radius 2 is 2.06 bits per heavy atom. The number of oxime groups is 1. The van der Waals surface area contributed by atoms with Gasteiger partial charge < -0.3 is 26.1 Å². The minimum atomic E-state index is -1.80. The number of carboxylic acids is 2. The SMILES string of the molecule is C[n+]1cccc(-c2cn(-c3csc(SC4=C(C(=O)O)N5C(=O)[C@@H](NC(=O)/C(=N\OC(C)(C)C(=O)O)c6nsc(N)n6)[C@H]5SC4)n3)cn2)c1. The highest BCUT2D eigenvalue weighted by atomic mass is 32.2. The normalized spacial score (nSPS) is 17.9. The highest BCUT2D eigenvalue weighted by Crippen LogP contribution is 2.45. The van der Waals surface area contributed by atoms with Crippen molar-refractivity contribution < 1.29 is 38.8 Å². The van der Waals surface area contributed by atoms with Gasteiger partial charge in [0, 0.05) is 39.8 Å². The van der Waals surface area contributed by atoms with Crippen LogP contribution in [0.4, 0.5) is 5.13 Å². The van der Waals surface area contributed by atoms with Crippen LogP contribution in [-0.2, 0) is 31.1 Å². The summed E-state index contributed by atoms with van der Waals surface area (Å²) >= 11 is 4.51. The second-order valence-electron chi connectivity index (χ2n) is 10.7. The molecule has 2 amide bonds. The van der Waals surface area contributed by atoms with E-state index in [0.29, 0.717) is 15.1 Å². The molecule has 48 heavy (non-hydrogen) atoms.